The Balaban J connectivity index is 2.15. The van der Waals surface area contributed by atoms with Crippen molar-refractivity contribution in [1.82, 2.24) is 19.3 Å². The highest BCUT2D eigenvalue weighted by molar-refractivity contribution is 6.17. The smallest absolute Gasteiger partial charge is 0.159 e. The maximum absolute atomic E-state index is 5.95. The van der Waals surface area contributed by atoms with Crippen LogP contribution in [0.15, 0.2) is 0 Å². The fraction of sp³-hybridized carbons (Fsp3) is 0.714. The minimum absolute atomic E-state index is 0.355. The largest absolute Gasteiger partial charge is 0.379 e. The lowest BCUT2D eigenvalue weighted by Crippen LogP contribution is -2.24. The highest BCUT2D eigenvalue weighted by Crippen LogP contribution is 2.28. The summed E-state index contributed by atoms with van der Waals surface area (Å²) in [6, 6.07) is 0.355. The molecular weight excluding hydrogens is 276 g/mol. The van der Waals surface area contributed by atoms with Gasteiger partial charge in [-0.15, -0.1) is 11.6 Å². The minimum Gasteiger partial charge on any atom is -0.379 e. The maximum atomic E-state index is 5.95. The van der Waals surface area contributed by atoms with E-state index in [-0.39, 0.29) is 0 Å². The Bertz CT molecular complexity index is 598. The summed E-state index contributed by atoms with van der Waals surface area (Å²) in [7, 11) is 0. The third-order valence-electron chi connectivity index (χ3n) is 3.94. The van der Waals surface area contributed by atoms with Crippen LogP contribution in [0.25, 0.3) is 11.2 Å². The quantitative estimate of drug-likeness (QED) is 0.815. The molecule has 3 heterocycles. The van der Waals surface area contributed by atoms with E-state index < -0.39 is 0 Å². The fourth-order valence-electron chi connectivity index (χ4n) is 3.03. The Kier molecular flexibility index (Phi) is 3.98. The van der Waals surface area contributed by atoms with E-state index in [1.54, 1.807) is 0 Å². The van der Waals surface area contributed by atoms with Gasteiger partial charge in [-0.05, 0) is 26.7 Å². The van der Waals surface area contributed by atoms with Crippen LogP contribution in [-0.2, 0) is 17.7 Å². The van der Waals surface area contributed by atoms with Gasteiger partial charge in [0.05, 0.1) is 18.3 Å². The van der Waals surface area contributed by atoms with Gasteiger partial charge in [-0.25, -0.2) is 9.67 Å². The van der Waals surface area contributed by atoms with Gasteiger partial charge in [-0.2, -0.15) is 5.10 Å². The van der Waals surface area contributed by atoms with E-state index in [4.69, 9.17) is 21.3 Å². The van der Waals surface area contributed by atoms with Crippen molar-refractivity contribution in [3.05, 3.63) is 11.5 Å². The molecule has 0 aliphatic carbocycles. The van der Waals surface area contributed by atoms with Crippen molar-refractivity contribution >= 4 is 22.8 Å². The Hall–Kier alpha value is -1.07. The molecule has 0 N–H and O–H groups in total. The van der Waals surface area contributed by atoms with Crippen molar-refractivity contribution in [1.29, 1.82) is 0 Å². The molecule has 1 atom stereocenters. The first-order valence-corrected chi connectivity index (χ1v) is 7.87. The Morgan fingerprint density at radius 1 is 1.45 bits per heavy atom. The number of hydrogen-bond acceptors (Lipinski definition) is 3. The second-order valence-electron chi connectivity index (χ2n) is 5.28. The first kappa shape index (κ1) is 13.9. The summed E-state index contributed by atoms with van der Waals surface area (Å²) in [5.41, 5.74) is 3.13. The third kappa shape index (κ3) is 2.23. The van der Waals surface area contributed by atoms with Crippen LogP contribution in [0.1, 0.15) is 37.3 Å². The van der Waals surface area contributed by atoms with E-state index in [2.05, 4.69) is 16.6 Å². The molecule has 6 heteroatoms. The number of aryl methyl sites for hydroxylation is 3. The molecule has 1 saturated heterocycles. The number of hydrogen-bond donors (Lipinski definition) is 0. The minimum atomic E-state index is 0.355. The molecule has 0 amide bonds. The Morgan fingerprint density at radius 3 is 2.95 bits per heavy atom. The number of rotatable bonds is 4. The van der Waals surface area contributed by atoms with E-state index >= 15 is 0 Å². The number of halogens is 1. The first-order valence-electron chi connectivity index (χ1n) is 7.34. The summed E-state index contributed by atoms with van der Waals surface area (Å²) in [4.78, 5) is 4.79. The van der Waals surface area contributed by atoms with Crippen LogP contribution in [-0.4, -0.2) is 38.4 Å². The molecule has 110 valence electrons. The van der Waals surface area contributed by atoms with Crippen molar-refractivity contribution in [3.8, 4) is 0 Å². The van der Waals surface area contributed by atoms with Crippen molar-refractivity contribution < 1.29 is 4.74 Å². The Morgan fingerprint density at radius 2 is 2.30 bits per heavy atom. The van der Waals surface area contributed by atoms with Crippen molar-refractivity contribution in [2.45, 2.75) is 45.7 Å². The van der Waals surface area contributed by atoms with Gasteiger partial charge in [0.25, 0.3) is 0 Å². The fourth-order valence-corrected chi connectivity index (χ4v) is 3.20. The molecule has 1 aliphatic rings. The standard InChI is InChI=1S/C14H21ClN4O/c1-3-18-14-13(10(2)17-18)16-12(6-7-15)19(14)11-5-4-8-20-9-11/h11H,3-9H2,1-2H3. The number of alkyl halides is 1. The van der Waals surface area contributed by atoms with Crippen LogP contribution in [0, 0.1) is 6.92 Å². The highest BCUT2D eigenvalue weighted by atomic mass is 35.5. The molecule has 0 saturated carbocycles. The van der Waals surface area contributed by atoms with Gasteiger partial charge in [0.15, 0.2) is 5.65 Å². The van der Waals surface area contributed by atoms with Crippen LogP contribution in [0.5, 0.6) is 0 Å². The summed E-state index contributed by atoms with van der Waals surface area (Å²) in [5.74, 6) is 1.65. The lowest BCUT2D eigenvalue weighted by Gasteiger charge is -2.25. The molecule has 0 spiro atoms. The number of aromatic nitrogens is 4. The third-order valence-corrected chi connectivity index (χ3v) is 4.12. The number of fused-ring (bicyclic) bond motifs is 1. The predicted molar refractivity (Wildman–Crippen MR) is 79.4 cm³/mol. The van der Waals surface area contributed by atoms with E-state index in [1.807, 2.05) is 11.6 Å². The van der Waals surface area contributed by atoms with E-state index in [9.17, 15) is 0 Å². The summed E-state index contributed by atoms with van der Waals surface area (Å²) >= 11 is 5.95. The SMILES string of the molecule is CCn1nc(C)c2nc(CCCl)n(C3CCCOC3)c21. The first-order chi connectivity index (χ1) is 9.76. The number of nitrogens with zero attached hydrogens (tertiary/aromatic N) is 4. The van der Waals surface area contributed by atoms with Crippen LogP contribution in [0.3, 0.4) is 0 Å². The van der Waals surface area contributed by atoms with Gasteiger partial charge in [0.1, 0.15) is 11.3 Å². The average Bonchev–Trinajstić information content (AvgIpc) is 2.98. The predicted octanol–water partition coefficient (Wildman–Crippen LogP) is 2.69. The van der Waals surface area contributed by atoms with Crippen molar-refractivity contribution in [2.24, 2.45) is 0 Å². The molecule has 20 heavy (non-hydrogen) atoms. The molecule has 2 aromatic rings. The molecule has 1 aliphatic heterocycles. The summed E-state index contributed by atoms with van der Waals surface area (Å²) < 4.78 is 10.0. The van der Waals surface area contributed by atoms with E-state index in [1.165, 1.54) is 0 Å². The zero-order chi connectivity index (χ0) is 14.1. The molecule has 0 aromatic carbocycles. The Labute approximate surface area is 123 Å². The molecule has 2 aromatic heterocycles. The van der Waals surface area contributed by atoms with Gasteiger partial charge in [-0.1, -0.05) is 0 Å². The maximum Gasteiger partial charge on any atom is 0.159 e. The lowest BCUT2D eigenvalue weighted by molar-refractivity contribution is 0.0592. The average molecular weight is 297 g/mol. The van der Waals surface area contributed by atoms with Gasteiger partial charge in [-0.3, -0.25) is 0 Å². The second-order valence-corrected chi connectivity index (χ2v) is 5.66. The highest BCUT2D eigenvalue weighted by Gasteiger charge is 2.25. The van der Waals surface area contributed by atoms with Crippen molar-refractivity contribution in [3.63, 3.8) is 0 Å². The van der Waals surface area contributed by atoms with E-state index in [0.717, 1.165) is 61.7 Å². The summed E-state index contributed by atoms with van der Waals surface area (Å²) in [5, 5.41) is 4.58. The van der Waals surface area contributed by atoms with Crippen LogP contribution in [0.4, 0.5) is 0 Å². The second kappa shape index (κ2) is 5.74. The normalized spacial score (nSPS) is 19.9. The summed E-state index contributed by atoms with van der Waals surface area (Å²) in [6.07, 6.45) is 3.02. The molecule has 5 nitrogen and oxygen atoms in total. The lowest BCUT2D eigenvalue weighted by atomic mass is 10.1. The molecular formula is C14H21ClN4O. The van der Waals surface area contributed by atoms with Crippen LogP contribution in [0.2, 0.25) is 0 Å². The zero-order valence-electron chi connectivity index (χ0n) is 12.1. The summed E-state index contributed by atoms with van der Waals surface area (Å²) in [6.45, 7) is 6.61. The van der Waals surface area contributed by atoms with Gasteiger partial charge in [0.2, 0.25) is 0 Å². The topological polar surface area (TPSA) is 44.9 Å². The number of ether oxygens (including phenoxy) is 1. The van der Waals surface area contributed by atoms with Gasteiger partial charge >= 0.3 is 0 Å². The van der Waals surface area contributed by atoms with Gasteiger partial charge < -0.3 is 9.30 Å². The van der Waals surface area contributed by atoms with Crippen LogP contribution < -0.4 is 0 Å². The van der Waals surface area contributed by atoms with E-state index in [0.29, 0.717) is 11.9 Å². The van der Waals surface area contributed by atoms with Crippen molar-refractivity contribution in [2.75, 3.05) is 19.1 Å². The van der Waals surface area contributed by atoms with Gasteiger partial charge in [0, 0.05) is 25.5 Å². The molecule has 1 unspecified atom stereocenters. The molecule has 1 fully saturated rings. The monoisotopic (exact) mass is 296 g/mol. The number of imidazole rings is 1. The molecule has 0 radical (unpaired) electrons. The van der Waals surface area contributed by atoms with Crippen LogP contribution >= 0.6 is 11.6 Å². The molecule has 0 bridgehead atoms. The molecule has 3 rings (SSSR count). The zero-order valence-corrected chi connectivity index (χ0v) is 12.9.